The zero-order chi connectivity index (χ0) is 17.2. The first kappa shape index (κ1) is 16.6. The van der Waals surface area contributed by atoms with Crippen molar-refractivity contribution in [2.24, 2.45) is 0 Å². The number of nitrogens with zero attached hydrogens (tertiary/aromatic N) is 4. The molecule has 1 aliphatic rings. The van der Waals surface area contributed by atoms with Gasteiger partial charge in [0.25, 0.3) is 11.8 Å². The number of ether oxygens (including phenoxy) is 1. The highest BCUT2D eigenvalue weighted by Gasteiger charge is 2.38. The summed E-state index contributed by atoms with van der Waals surface area (Å²) in [6, 6.07) is 3.67. The first-order valence-electron chi connectivity index (χ1n) is 8.06. The summed E-state index contributed by atoms with van der Waals surface area (Å²) in [7, 11) is 1.59. The molecular weight excluding hydrogens is 308 g/mol. The number of aryl methyl sites for hydroxylation is 1. The maximum atomic E-state index is 12.7. The van der Waals surface area contributed by atoms with E-state index in [-0.39, 0.29) is 11.3 Å². The molecule has 0 N–H and O–H groups in total. The highest BCUT2D eigenvalue weighted by Crippen LogP contribution is 2.32. The van der Waals surface area contributed by atoms with E-state index < -0.39 is 0 Å². The van der Waals surface area contributed by atoms with Crippen molar-refractivity contribution in [1.82, 2.24) is 20.0 Å². The molecule has 3 rings (SSSR count). The van der Waals surface area contributed by atoms with Gasteiger partial charge in [0.2, 0.25) is 0 Å². The molecule has 0 radical (unpaired) electrons. The number of rotatable bonds is 4. The number of hydrogen-bond donors (Lipinski definition) is 0. The minimum absolute atomic E-state index is 0.00552. The third-order valence-corrected chi connectivity index (χ3v) is 4.42. The molecule has 1 saturated heterocycles. The van der Waals surface area contributed by atoms with Gasteiger partial charge in [-0.2, -0.15) is 4.98 Å². The van der Waals surface area contributed by atoms with Crippen molar-refractivity contribution >= 4 is 5.91 Å². The van der Waals surface area contributed by atoms with Crippen LogP contribution >= 0.6 is 0 Å². The van der Waals surface area contributed by atoms with Crippen molar-refractivity contribution < 1.29 is 14.1 Å². The highest BCUT2D eigenvalue weighted by atomic mass is 16.5. The molecule has 1 fully saturated rings. The van der Waals surface area contributed by atoms with Gasteiger partial charge in [0.05, 0.1) is 5.56 Å². The summed E-state index contributed by atoms with van der Waals surface area (Å²) in [6.45, 7) is 5.55. The monoisotopic (exact) mass is 330 g/mol. The van der Waals surface area contributed by atoms with E-state index in [1.54, 1.807) is 13.3 Å². The second kappa shape index (κ2) is 6.68. The number of carbonyl (C=O) groups is 1. The van der Waals surface area contributed by atoms with Crippen molar-refractivity contribution in [1.29, 1.82) is 0 Å². The van der Waals surface area contributed by atoms with E-state index >= 15 is 0 Å². The van der Waals surface area contributed by atoms with E-state index in [0.717, 1.165) is 25.1 Å². The summed E-state index contributed by atoms with van der Waals surface area (Å²) < 4.78 is 10.2. The molecular formula is C17H22N4O3. The minimum Gasteiger partial charge on any atom is -0.375 e. The van der Waals surface area contributed by atoms with Crippen LogP contribution in [0.4, 0.5) is 0 Å². The van der Waals surface area contributed by atoms with Crippen LogP contribution in [0.5, 0.6) is 0 Å². The molecule has 0 saturated carbocycles. The van der Waals surface area contributed by atoms with Gasteiger partial charge in [-0.3, -0.25) is 9.78 Å². The van der Waals surface area contributed by atoms with E-state index in [1.807, 2.05) is 24.0 Å². The van der Waals surface area contributed by atoms with E-state index in [1.165, 1.54) is 0 Å². The average molecular weight is 330 g/mol. The number of hydrogen-bond acceptors (Lipinski definition) is 6. The van der Waals surface area contributed by atoms with Crippen LogP contribution in [0.25, 0.3) is 0 Å². The fourth-order valence-corrected chi connectivity index (χ4v) is 3.05. The molecule has 24 heavy (non-hydrogen) atoms. The number of likely N-dealkylation sites (tertiary alicyclic amines) is 1. The van der Waals surface area contributed by atoms with Gasteiger partial charge >= 0.3 is 0 Å². The molecule has 2 aromatic rings. The van der Waals surface area contributed by atoms with Crippen molar-refractivity contribution in [3.05, 3.63) is 41.3 Å². The van der Waals surface area contributed by atoms with Gasteiger partial charge in [-0.1, -0.05) is 12.1 Å². The Bertz CT molecular complexity index is 713. The van der Waals surface area contributed by atoms with Gasteiger partial charge in [-0.05, 0) is 31.9 Å². The Balaban J connectivity index is 1.77. The third kappa shape index (κ3) is 3.31. The number of amides is 1. The molecule has 128 valence electrons. The Kier molecular flexibility index (Phi) is 4.62. The second-order valence-electron chi connectivity index (χ2n) is 6.52. The van der Waals surface area contributed by atoms with Crippen LogP contribution in [0.1, 0.15) is 47.5 Å². The minimum atomic E-state index is -0.318. The van der Waals surface area contributed by atoms with Gasteiger partial charge in [0, 0.05) is 37.5 Å². The summed E-state index contributed by atoms with van der Waals surface area (Å²) >= 11 is 0. The Morgan fingerprint density at radius 1 is 1.46 bits per heavy atom. The fraction of sp³-hybridized carbons (Fsp3) is 0.529. The molecule has 2 aromatic heterocycles. The maximum absolute atomic E-state index is 12.7. The lowest BCUT2D eigenvalue weighted by atomic mass is 9.81. The van der Waals surface area contributed by atoms with Crippen LogP contribution in [-0.4, -0.2) is 46.1 Å². The summed E-state index contributed by atoms with van der Waals surface area (Å²) in [4.78, 5) is 23.2. The fourth-order valence-electron chi connectivity index (χ4n) is 3.05. The summed E-state index contributed by atoms with van der Waals surface area (Å²) in [5.74, 6) is 1.09. The third-order valence-electron chi connectivity index (χ3n) is 4.42. The van der Waals surface area contributed by atoms with Gasteiger partial charge in [-0.15, -0.1) is 0 Å². The van der Waals surface area contributed by atoms with Gasteiger partial charge < -0.3 is 14.2 Å². The molecule has 0 aliphatic carbocycles. The standard InChI is InChI=1S/C17H22N4O3/c1-12-5-6-13(9-18-12)15(22)21-8-4-7-17(2,11-21)16-19-14(10-23-3)24-20-16/h5-6,9H,4,7-8,10-11H2,1-3H3. The Morgan fingerprint density at radius 3 is 3.00 bits per heavy atom. The summed E-state index contributed by atoms with van der Waals surface area (Å²) in [6.07, 6.45) is 3.44. The van der Waals surface area contributed by atoms with Gasteiger partial charge in [-0.25, -0.2) is 0 Å². The Labute approximate surface area is 141 Å². The second-order valence-corrected chi connectivity index (χ2v) is 6.52. The first-order valence-corrected chi connectivity index (χ1v) is 8.06. The predicted molar refractivity (Wildman–Crippen MR) is 86.5 cm³/mol. The number of piperidine rings is 1. The van der Waals surface area contributed by atoms with Gasteiger partial charge in [0.1, 0.15) is 6.61 Å². The molecule has 0 spiro atoms. The molecule has 0 aromatic carbocycles. The SMILES string of the molecule is COCc1nc(C2(C)CCCN(C(=O)c3ccc(C)nc3)C2)no1. The molecule has 3 heterocycles. The van der Waals surface area contributed by atoms with E-state index in [0.29, 0.717) is 30.4 Å². The molecule has 1 amide bonds. The summed E-state index contributed by atoms with van der Waals surface area (Å²) in [5, 5.41) is 4.09. The Morgan fingerprint density at radius 2 is 2.29 bits per heavy atom. The first-order chi connectivity index (χ1) is 11.5. The van der Waals surface area contributed by atoms with E-state index in [4.69, 9.17) is 9.26 Å². The van der Waals surface area contributed by atoms with Crippen LogP contribution in [-0.2, 0) is 16.8 Å². The lowest BCUT2D eigenvalue weighted by molar-refractivity contribution is 0.0641. The van der Waals surface area contributed by atoms with Crippen LogP contribution in [0.3, 0.4) is 0 Å². The van der Waals surface area contributed by atoms with Crippen molar-refractivity contribution in [3.8, 4) is 0 Å². The van der Waals surface area contributed by atoms with Crippen molar-refractivity contribution in [3.63, 3.8) is 0 Å². The lowest BCUT2D eigenvalue weighted by Gasteiger charge is -2.38. The highest BCUT2D eigenvalue weighted by molar-refractivity contribution is 5.94. The molecule has 1 aliphatic heterocycles. The van der Waals surface area contributed by atoms with Gasteiger partial charge in [0.15, 0.2) is 5.82 Å². The number of pyridine rings is 1. The number of aromatic nitrogens is 3. The molecule has 7 heteroatoms. The lowest BCUT2D eigenvalue weighted by Crippen LogP contribution is -2.47. The van der Waals surface area contributed by atoms with Crippen LogP contribution < -0.4 is 0 Å². The van der Waals surface area contributed by atoms with Crippen LogP contribution in [0, 0.1) is 6.92 Å². The Hall–Kier alpha value is -2.28. The molecule has 0 bridgehead atoms. The summed E-state index contributed by atoms with van der Waals surface area (Å²) in [5.41, 5.74) is 1.19. The maximum Gasteiger partial charge on any atom is 0.255 e. The normalized spacial score (nSPS) is 21.0. The zero-order valence-electron chi connectivity index (χ0n) is 14.3. The average Bonchev–Trinajstić information content (AvgIpc) is 3.05. The van der Waals surface area contributed by atoms with Crippen LogP contribution in [0.2, 0.25) is 0 Å². The molecule has 1 unspecified atom stereocenters. The molecule has 7 nitrogen and oxygen atoms in total. The van der Waals surface area contributed by atoms with Crippen molar-refractivity contribution in [2.45, 2.75) is 38.7 Å². The van der Waals surface area contributed by atoms with E-state index in [9.17, 15) is 4.79 Å². The quantitative estimate of drug-likeness (QED) is 0.854. The smallest absolute Gasteiger partial charge is 0.255 e. The van der Waals surface area contributed by atoms with E-state index in [2.05, 4.69) is 22.0 Å². The number of methoxy groups -OCH3 is 1. The predicted octanol–water partition coefficient (Wildman–Crippen LogP) is 2.11. The van der Waals surface area contributed by atoms with Crippen molar-refractivity contribution in [2.75, 3.05) is 20.2 Å². The van der Waals surface area contributed by atoms with Crippen LogP contribution in [0.15, 0.2) is 22.9 Å². The molecule has 1 atom stereocenters. The topological polar surface area (TPSA) is 81.4 Å². The number of carbonyl (C=O) groups excluding carboxylic acids is 1. The zero-order valence-corrected chi connectivity index (χ0v) is 14.3. The largest absolute Gasteiger partial charge is 0.375 e.